The molecule has 3 nitrogen and oxygen atoms in total. The highest BCUT2D eigenvalue weighted by Gasteiger charge is 2.61. The number of esters is 1. The van der Waals surface area contributed by atoms with Crippen LogP contribution < -0.4 is 0 Å². The van der Waals surface area contributed by atoms with Gasteiger partial charge in [-0.25, -0.2) is 4.79 Å². The largest absolute Gasteiger partial charge is 0.467 e. The van der Waals surface area contributed by atoms with E-state index in [9.17, 15) is 4.79 Å². The lowest BCUT2D eigenvalue weighted by molar-refractivity contribution is -0.142. The third-order valence-electron chi connectivity index (χ3n) is 4.01. The first-order chi connectivity index (χ1) is 7.09. The first-order valence-electron chi connectivity index (χ1n) is 5.85. The Morgan fingerprint density at radius 2 is 2.00 bits per heavy atom. The van der Waals surface area contributed by atoms with Crippen LogP contribution in [-0.4, -0.2) is 24.8 Å². The molecule has 2 aliphatic rings. The van der Waals surface area contributed by atoms with E-state index in [-0.39, 0.29) is 17.7 Å². The third kappa shape index (κ3) is 1.89. The van der Waals surface area contributed by atoms with Crippen molar-refractivity contribution in [1.29, 1.82) is 0 Å². The van der Waals surface area contributed by atoms with E-state index in [1.807, 2.05) is 0 Å². The lowest BCUT2D eigenvalue weighted by Crippen LogP contribution is -2.29. The summed E-state index contributed by atoms with van der Waals surface area (Å²) in [6, 6.07) is 0. The quantitative estimate of drug-likeness (QED) is 0.520. The van der Waals surface area contributed by atoms with Crippen molar-refractivity contribution in [2.75, 3.05) is 7.11 Å². The van der Waals surface area contributed by atoms with Crippen LogP contribution in [0.2, 0.25) is 0 Å². The number of rotatable bonds is 2. The van der Waals surface area contributed by atoms with Crippen molar-refractivity contribution in [3.05, 3.63) is 0 Å². The Morgan fingerprint density at radius 3 is 2.47 bits per heavy atom. The Hall–Kier alpha value is -0.570. The molecule has 0 amide bonds. The molecule has 0 aromatic carbocycles. The Bertz CT molecular complexity index is 252. The second-order valence-electron chi connectivity index (χ2n) is 5.17. The summed E-state index contributed by atoms with van der Waals surface area (Å²) in [6.07, 6.45) is 4.15. The molecule has 2 fully saturated rings. The molecule has 1 saturated heterocycles. The number of methoxy groups -OCH3 is 1. The van der Waals surface area contributed by atoms with Gasteiger partial charge in [-0.2, -0.15) is 0 Å². The van der Waals surface area contributed by atoms with Crippen molar-refractivity contribution in [3.63, 3.8) is 0 Å². The molecule has 15 heavy (non-hydrogen) atoms. The van der Waals surface area contributed by atoms with Gasteiger partial charge in [-0.05, 0) is 37.5 Å². The molecule has 1 heterocycles. The van der Waals surface area contributed by atoms with Gasteiger partial charge in [0.05, 0.1) is 7.11 Å². The van der Waals surface area contributed by atoms with Gasteiger partial charge in [-0.3, -0.25) is 0 Å². The van der Waals surface area contributed by atoms with Gasteiger partial charge in [0.15, 0.2) is 6.10 Å². The van der Waals surface area contributed by atoms with Crippen molar-refractivity contribution in [2.24, 2.45) is 11.8 Å². The number of epoxide rings is 1. The number of carbonyl (C=O) groups excluding carboxylic acids is 1. The first-order valence-corrected chi connectivity index (χ1v) is 5.85. The minimum atomic E-state index is -0.268. The van der Waals surface area contributed by atoms with Crippen LogP contribution in [0.1, 0.15) is 39.5 Å². The van der Waals surface area contributed by atoms with Crippen molar-refractivity contribution in [2.45, 2.75) is 51.2 Å². The van der Waals surface area contributed by atoms with Gasteiger partial charge in [0.25, 0.3) is 0 Å². The molecule has 1 aliphatic heterocycles. The summed E-state index contributed by atoms with van der Waals surface area (Å²) in [5.41, 5.74) is -0.140. The fraction of sp³-hybridized carbons (Fsp3) is 0.917. The summed E-state index contributed by atoms with van der Waals surface area (Å²) in [4.78, 5) is 11.3. The molecule has 1 unspecified atom stereocenters. The van der Waals surface area contributed by atoms with Gasteiger partial charge in [-0.15, -0.1) is 0 Å². The van der Waals surface area contributed by atoms with Crippen molar-refractivity contribution in [3.8, 4) is 0 Å². The maximum absolute atomic E-state index is 11.3. The van der Waals surface area contributed by atoms with E-state index in [1.165, 1.54) is 20.0 Å². The molecule has 1 saturated carbocycles. The lowest BCUT2D eigenvalue weighted by atomic mass is 9.75. The molecule has 0 bridgehead atoms. The van der Waals surface area contributed by atoms with E-state index in [4.69, 9.17) is 9.47 Å². The maximum atomic E-state index is 11.3. The van der Waals surface area contributed by atoms with E-state index in [1.54, 1.807) is 0 Å². The second kappa shape index (κ2) is 3.78. The van der Waals surface area contributed by atoms with Crippen LogP contribution in [0.3, 0.4) is 0 Å². The summed E-state index contributed by atoms with van der Waals surface area (Å²) in [7, 11) is 1.43. The summed E-state index contributed by atoms with van der Waals surface area (Å²) in [5.74, 6) is 1.36. The van der Waals surface area contributed by atoms with Gasteiger partial charge in [0.2, 0.25) is 0 Å². The van der Waals surface area contributed by atoms with Crippen LogP contribution in [-0.2, 0) is 14.3 Å². The number of hydrogen-bond donors (Lipinski definition) is 0. The van der Waals surface area contributed by atoms with Gasteiger partial charge in [0, 0.05) is 0 Å². The number of ether oxygens (including phenoxy) is 2. The predicted molar refractivity (Wildman–Crippen MR) is 56.4 cm³/mol. The molecule has 1 spiro atoms. The SMILES string of the molecule is COC(=O)C1OC12CCC(C(C)C)CC2. The Kier molecular flexibility index (Phi) is 2.75. The molecule has 86 valence electrons. The standard InChI is InChI=1S/C12H20O3/c1-8(2)9-4-6-12(7-5-9)10(15-12)11(13)14-3/h8-10H,4-7H2,1-3H3. The molecule has 1 atom stereocenters. The molecular formula is C12H20O3. The van der Waals surface area contributed by atoms with E-state index in [0.717, 1.165) is 24.7 Å². The van der Waals surface area contributed by atoms with Crippen LogP contribution in [0, 0.1) is 11.8 Å². The summed E-state index contributed by atoms with van der Waals surface area (Å²) in [6.45, 7) is 4.54. The summed E-state index contributed by atoms with van der Waals surface area (Å²) in [5, 5.41) is 0. The van der Waals surface area contributed by atoms with Crippen LogP contribution in [0.4, 0.5) is 0 Å². The summed E-state index contributed by atoms with van der Waals surface area (Å²) >= 11 is 0. The molecule has 3 heteroatoms. The van der Waals surface area contributed by atoms with Crippen molar-refractivity contribution >= 4 is 5.97 Å². The summed E-state index contributed by atoms with van der Waals surface area (Å²) < 4.78 is 10.3. The molecule has 0 radical (unpaired) electrons. The highest BCUT2D eigenvalue weighted by Crippen LogP contribution is 2.50. The van der Waals surface area contributed by atoms with E-state index in [0.29, 0.717) is 0 Å². The fourth-order valence-electron chi connectivity index (χ4n) is 2.75. The fourth-order valence-corrected chi connectivity index (χ4v) is 2.75. The monoisotopic (exact) mass is 212 g/mol. The van der Waals surface area contributed by atoms with E-state index in [2.05, 4.69) is 13.8 Å². The molecule has 0 aromatic heterocycles. The molecule has 0 N–H and O–H groups in total. The predicted octanol–water partition coefficient (Wildman–Crippen LogP) is 2.14. The highest BCUT2D eigenvalue weighted by atomic mass is 16.7. The second-order valence-corrected chi connectivity index (χ2v) is 5.17. The van der Waals surface area contributed by atoms with E-state index < -0.39 is 0 Å². The van der Waals surface area contributed by atoms with Gasteiger partial charge in [-0.1, -0.05) is 13.8 Å². The number of carbonyl (C=O) groups is 1. The van der Waals surface area contributed by atoms with E-state index >= 15 is 0 Å². The van der Waals surface area contributed by atoms with Crippen LogP contribution in [0.5, 0.6) is 0 Å². The average Bonchev–Trinajstić information content (AvgIpc) is 2.92. The third-order valence-corrected chi connectivity index (χ3v) is 4.01. The lowest BCUT2D eigenvalue weighted by Gasteiger charge is -2.29. The van der Waals surface area contributed by atoms with Crippen LogP contribution in [0.25, 0.3) is 0 Å². The Labute approximate surface area is 91.1 Å². The molecular weight excluding hydrogens is 192 g/mol. The zero-order valence-electron chi connectivity index (χ0n) is 9.79. The zero-order chi connectivity index (χ0) is 11.1. The van der Waals surface area contributed by atoms with Gasteiger partial charge in [0.1, 0.15) is 5.60 Å². The smallest absolute Gasteiger partial charge is 0.338 e. The first kappa shape index (κ1) is 10.9. The Balaban J connectivity index is 1.87. The minimum absolute atomic E-state index is 0.140. The normalized spacial score (nSPS) is 39.5. The Morgan fingerprint density at radius 1 is 1.40 bits per heavy atom. The van der Waals surface area contributed by atoms with Gasteiger partial charge < -0.3 is 9.47 Å². The van der Waals surface area contributed by atoms with Crippen LogP contribution in [0.15, 0.2) is 0 Å². The average molecular weight is 212 g/mol. The molecule has 2 rings (SSSR count). The van der Waals surface area contributed by atoms with Crippen molar-refractivity contribution in [1.82, 2.24) is 0 Å². The van der Waals surface area contributed by atoms with Crippen LogP contribution >= 0.6 is 0 Å². The molecule has 0 aromatic rings. The maximum Gasteiger partial charge on any atom is 0.338 e. The number of hydrogen-bond acceptors (Lipinski definition) is 3. The highest BCUT2D eigenvalue weighted by molar-refractivity contribution is 5.79. The van der Waals surface area contributed by atoms with Gasteiger partial charge >= 0.3 is 5.97 Å². The topological polar surface area (TPSA) is 38.8 Å². The minimum Gasteiger partial charge on any atom is -0.467 e. The molecule has 1 aliphatic carbocycles. The zero-order valence-corrected chi connectivity index (χ0v) is 9.79. The van der Waals surface area contributed by atoms with Crippen molar-refractivity contribution < 1.29 is 14.3 Å².